The predicted molar refractivity (Wildman–Crippen MR) is 220 cm³/mol. The molecule has 0 saturated carbocycles. The number of hydrogen-bond donors (Lipinski definition) is 0. The van der Waals surface area contributed by atoms with Gasteiger partial charge in [0.2, 0.25) is 0 Å². The van der Waals surface area contributed by atoms with Crippen LogP contribution in [0.1, 0.15) is 207 Å². The van der Waals surface area contributed by atoms with Crippen molar-refractivity contribution in [2.24, 2.45) is 0 Å². The fourth-order valence-corrected chi connectivity index (χ4v) is 6.80. The quantitative estimate of drug-likeness (QED) is 0.0381. The van der Waals surface area contributed by atoms with E-state index in [1.165, 1.54) is 77.0 Å². The zero-order chi connectivity index (χ0) is 38.6. The van der Waals surface area contributed by atoms with Crippen molar-refractivity contribution in [3.05, 3.63) is 35.9 Å². The fourth-order valence-electron chi connectivity index (χ4n) is 6.80. The molecule has 0 amide bonds. The van der Waals surface area contributed by atoms with Crippen molar-refractivity contribution in [3.8, 4) is 0 Å². The van der Waals surface area contributed by atoms with E-state index >= 15 is 0 Å². The number of ether oxygens (including phenoxy) is 3. The smallest absolute Gasteiger partial charge is 0.306 e. The van der Waals surface area contributed by atoms with Gasteiger partial charge in [0, 0.05) is 19.3 Å². The highest BCUT2D eigenvalue weighted by molar-refractivity contribution is 5.70. The minimum absolute atomic E-state index is 0.0215. The van der Waals surface area contributed by atoms with E-state index in [-0.39, 0.29) is 30.1 Å². The molecule has 0 aliphatic carbocycles. The first-order valence-corrected chi connectivity index (χ1v) is 22.2. The van der Waals surface area contributed by atoms with E-state index in [2.05, 4.69) is 32.6 Å². The average molecular weight is 744 g/mol. The maximum atomic E-state index is 12.3. The lowest BCUT2D eigenvalue weighted by Crippen LogP contribution is -2.27. The molecule has 53 heavy (non-hydrogen) atoms. The van der Waals surface area contributed by atoms with Crippen LogP contribution in [0.4, 0.5) is 0 Å². The summed E-state index contributed by atoms with van der Waals surface area (Å²) < 4.78 is 16.9. The zero-order valence-corrected chi connectivity index (χ0v) is 34.9. The second kappa shape index (κ2) is 35.3. The molecule has 0 aliphatic rings. The Morgan fingerprint density at radius 1 is 0.491 bits per heavy atom. The first-order valence-electron chi connectivity index (χ1n) is 22.2. The van der Waals surface area contributed by atoms with E-state index in [0.717, 1.165) is 102 Å². The van der Waals surface area contributed by atoms with Crippen LogP contribution in [-0.4, -0.2) is 54.7 Å². The van der Waals surface area contributed by atoms with Gasteiger partial charge in [0.1, 0.15) is 18.8 Å². The lowest BCUT2D eigenvalue weighted by Gasteiger charge is -2.22. The summed E-state index contributed by atoms with van der Waals surface area (Å²) in [4.78, 5) is 39.5. The van der Waals surface area contributed by atoms with Crippen molar-refractivity contribution in [2.45, 2.75) is 220 Å². The van der Waals surface area contributed by atoms with E-state index in [4.69, 9.17) is 14.2 Å². The molecule has 0 aromatic heterocycles. The average Bonchev–Trinajstić information content (AvgIpc) is 3.16. The molecule has 0 spiro atoms. The molecular formula is C46H81NO6. The SMILES string of the molecule is CCCCCC(CC)OC(=O)CCCCCCCCN(CCCCCCCCC(=O)OC(CC)CCCCC)CCCCC(=O)OCc1ccccc1. The van der Waals surface area contributed by atoms with Crippen LogP contribution >= 0.6 is 0 Å². The number of unbranched alkanes of at least 4 members (excludes halogenated alkanes) is 15. The molecule has 1 aromatic rings. The van der Waals surface area contributed by atoms with Crippen molar-refractivity contribution in [1.29, 1.82) is 0 Å². The Kier molecular flexibility index (Phi) is 32.4. The fraction of sp³-hybridized carbons (Fsp3) is 0.804. The summed E-state index contributed by atoms with van der Waals surface area (Å²) in [5, 5.41) is 0. The van der Waals surface area contributed by atoms with Crippen LogP contribution in [0.25, 0.3) is 0 Å². The topological polar surface area (TPSA) is 82.1 Å². The van der Waals surface area contributed by atoms with Gasteiger partial charge >= 0.3 is 17.9 Å². The van der Waals surface area contributed by atoms with Gasteiger partial charge in [-0.1, -0.05) is 135 Å². The molecule has 0 aliphatic heterocycles. The van der Waals surface area contributed by atoms with Crippen molar-refractivity contribution >= 4 is 17.9 Å². The van der Waals surface area contributed by atoms with Crippen LogP contribution in [-0.2, 0) is 35.2 Å². The molecule has 2 atom stereocenters. The first-order chi connectivity index (χ1) is 25.9. The molecule has 1 aromatic carbocycles. The Morgan fingerprint density at radius 3 is 1.34 bits per heavy atom. The van der Waals surface area contributed by atoms with E-state index in [0.29, 0.717) is 25.9 Å². The van der Waals surface area contributed by atoms with Crippen LogP contribution in [0.5, 0.6) is 0 Å². The van der Waals surface area contributed by atoms with E-state index in [1.807, 2.05) is 30.3 Å². The zero-order valence-electron chi connectivity index (χ0n) is 34.9. The monoisotopic (exact) mass is 744 g/mol. The van der Waals surface area contributed by atoms with Crippen LogP contribution in [0, 0.1) is 0 Å². The van der Waals surface area contributed by atoms with Gasteiger partial charge in [-0.25, -0.2) is 0 Å². The van der Waals surface area contributed by atoms with Crippen LogP contribution < -0.4 is 0 Å². The highest BCUT2D eigenvalue weighted by Crippen LogP contribution is 2.16. The maximum Gasteiger partial charge on any atom is 0.306 e. The number of carbonyl (C=O) groups is 3. The molecule has 0 N–H and O–H groups in total. The normalized spacial score (nSPS) is 12.5. The minimum atomic E-state index is -0.115. The molecular weight excluding hydrogens is 663 g/mol. The van der Waals surface area contributed by atoms with Crippen molar-refractivity contribution < 1.29 is 28.6 Å². The molecule has 0 heterocycles. The summed E-state index contributed by atoms with van der Waals surface area (Å²) in [5.41, 5.74) is 1.02. The standard InChI is InChI=1S/C46H81NO6/c1-5-9-20-32-42(7-3)52-45(49)35-24-15-11-13-17-27-37-47(39-29-26-34-44(48)51-40-41-30-22-19-23-31-41)38-28-18-14-12-16-25-36-46(50)53-43(8-4)33-21-10-6-2/h19,22-23,30-31,42-43H,5-18,20-21,24-29,32-40H2,1-4H3. The summed E-state index contributed by atoms with van der Waals surface area (Å²) in [6.07, 6.45) is 28.0. The molecule has 0 bridgehead atoms. The van der Waals surface area contributed by atoms with Gasteiger partial charge in [-0.3, -0.25) is 14.4 Å². The second-order valence-corrected chi connectivity index (χ2v) is 15.2. The summed E-state index contributed by atoms with van der Waals surface area (Å²) in [6, 6.07) is 9.86. The third-order valence-corrected chi connectivity index (χ3v) is 10.3. The summed E-state index contributed by atoms with van der Waals surface area (Å²) in [7, 11) is 0. The predicted octanol–water partition coefficient (Wildman–Crippen LogP) is 12.5. The number of hydrogen-bond acceptors (Lipinski definition) is 7. The lowest BCUT2D eigenvalue weighted by atomic mass is 10.1. The van der Waals surface area contributed by atoms with E-state index in [1.54, 1.807) is 0 Å². The molecule has 0 saturated heterocycles. The summed E-state index contributed by atoms with van der Waals surface area (Å²) >= 11 is 0. The Hall–Kier alpha value is -2.41. The van der Waals surface area contributed by atoms with E-state index in [9.17, 15) is 14.4 Å². The highest BCUT2D eigenvalue weighted by Gasteiger charge is 2.14. The first kappa shape index (κ1) is 48.6. The Bertz CT molecular complexity index is 953. The second-order valence-electron chi connectivity index (χ2n) is 15.2. The van der Waals surface area contributed by atoms with Gasteiger partial charge in [-0.2, -0.15) is 0 Å². The third kappa shape index (κ3) is 29.6. The minimum Gasteiger partial charge on any atom is -0.462 e. The van der Waals surface area contributed by atoms with Crippen LogP contribution in [0.3, 0.4) is 0 Å². The molecule has 0 radical (unpaired) electrons. The molecule has 306 valence electrons. The number of esters is 3. The molecule has 7 heteroatoms. The maximum absolute atomic E-state index is 12.3. The van der Waals surface area contributed by atoms with Gasteiger partial charge in [0.25, 0.3) is 0 Å². The Labute approximate surface area is 326 Å². The van der Waals surface area contributed by atoms with Gasteiger partial charge < -0.3 is 19.1 Å². The Balaban J connectivity index is 2.29. The molecule has 1 rings (SSSR count). The van der Waals surface area contributed by atoms with Gasteiger partial charge in [-0.05, 0) is 102 Å². The van der Waals surface area contributed by atoms with Gasteiger partial charge in [0.15, 0.2) is 0 Å². The molecule has 0 fully saturated rings. The van der Waals surface area contributed by atoms with Gasteiger partial charge in [0.05, 0.1) is 0 Å². The molecule has 7 nitrogen and oxygen atoms in total. The third-order valence-electron chi connectivity index (χ3n) is 10.3. The van der Waals surface area contributed by atoms with E-state index < -0.39 is 0 Å². The number of nitrogens with zero attached hydrogens (tertiary/aromatic N) is 1. The number of rotatable bonds is 37. The van der Waals surface area contributed by atoms with Gasteiger partial charge in [-0.15, -0.1) is 0 Å². The number of carbonyl (C=O) groups excluding carboxylic acids is 3. The van der Waals surface area contributed by atoms with Crippen molar-refractivity contribution in [3.63, 3.8) is 0 Å². The summed E-state index contributed by atoms with van der Waals surface area (Å²) in [6.45, 7) is 12.2. The molecule has 2 unspecified atom stereocenters. The van der Waals surface area contributed by atoms with Crippen molar-refractivity contribution in [2.75, 3.05) is 19.6 Å². The van der Waals surface area contributed by atoms with Crippen LogP contribution in [0.15, 0.2) is 30.3 Å². The Morgan fingerprint density at radius 2 is 0.887 bits per heavy atom. The number of benzene rings is 1. The highest BCUT2D eigenvalue weighted by atomic mass is 16.5. The van der Waals surface area contributed by atoms with Crippen LogP contribution in [0.2, 0.25) is 0 Å². The summed E-state index contributed by atoms with van der Waals surface area (Å²) in [5.74, 6) is -0.158. The van der Waals surface area contributed by atoms with Crippen molar-refractivity contribution in [1.82, 2.24) is 4.90 Å². The largest absolute Gasteiger partial charge is 0.462 e. The lowest BCUT2D eigenvalue weighted by molar-refractivity contribution is -0.150.